The average Bonchev–Trinajstić information content (AvgIpc) is 2.48. The molecule has 0 amide bonds. The Hall–Kier alpha value is -1.01. The van der Waals surface area contributed by atoms with Gasteiger partial charge in [0.25, 0.3) is 0 Å². The van der Waals surface area contributed by atoms with Crippen LogP contribution in [0.1, 0.15) is 44.9 Å². The van der Waals surface area contributed by atoms with Crippen LogP contribution in [0.15, 0.2) is 6.07 Å². The third-order valence-corrected chi connectivity index (χ3v) is 4.90. The summed E-state index contributed by atoms with van der Waals surface area (Å²) in [5, 5.41) is 4.26. The highest BCUT2D eigenvalue weighted by Crippen LogP contribution is 2.29. The Labute approximate surface area is 125 Å². The van der Waals surface area contributed by atoms with Crippen LogP contribution in [0.5, 0.6) is 0 Å². The third-order valence-electron chi connectivity index (χ3n) is 3.73. The van der Waals surface area contributed by atoms with Gasteiger partial charge in [0, 0.05) is 23.8 Å². The van der Waals surface area contributed by atoms with Crippen molar-refractivity contribution in [2.45, 2.75) is 56.7 Å². The molecule has 1 fully saturated rings. The number of hydrogen-bond acceptors (Lipinski definition) is 6. The van der Waals surface area contributed by atoms with Crippen molar-refractivity contribution in [1.29, 1.82) is 0 Å². The number of aromatic nitrogens is 2. The van der Waals surface area contributed by atoms with Crippen LogP contribution in [0.3, 0.4) is 0 Å². The quantitative estimate of drug-likeness (QED) is 0.553. The van der Waals surface area contributed by atoms with Crippen molar-refractivity contribution in [3.63, 3.8) is 0 Å². The van der Waals surface area contributed by atoms with E-state index in [2.05, 4.69) is 33.9 Å². The Bertz CT molecular complexity index is 426. The lowest BCUT2D eigenvalue weighted by Gasteiger charge is -2.31. The summed E-state index contributed by atoms with van der Waals surface area (Å²) in [4.78, 5) is 8.99. The molecule has 1 aliphatic rings. The summed E-state index contributed by atoms with van der Waals surface area (Å²) < 4.78 is 0. The standard InChI is InChI=1S/C14H25N5S/c1-3-6-12-17-13(9-14(18-12)19-15)16-10-7-4-5-8-11(10)20-2/h9-11H,3-8,15H2,1-2H3,(H2,16,17,18,19). The summed E-state index contributed by atoms with van der Waals surface area (Å²) in [5.74, 6) is 7.92. The second-order valence-corrected chi connectivity index (χ2v) is 6.34. The second-order valence-electron chi connectivity index (χ2n) is 5.26. The first-order valence-electron chi connectivity index (χ1n) is 7.40. The molecule has 6 heteroatoms. The van der Waals surface area contributed by atoms with Gasteiger partial charge in [-0.3, -0.25) is 0 Å². The minimum absolute atomic E-state index is 0.494. The molecular weight excluding hydrogens is 270 g/mol. The number of hydrazine groups is 1. The van der Waals surface area contributed by atoms with E-state index in [0.29, 0.717) is 17.1 Å². The van der Waals surface area contributed by atoms with E-state index < -0.39 is 0 Å². The minimum Gasteiger partial charge on any atom is -0.366 e. The van der Waals surface area contributed by atoms with Crippen LogP contribution in [0.25, 0.3) is 0 Å². The first kappa shape index (κ1) is 15.4. The van der Waals surface area contributed by atoms with Crippen LogP contribution in [0.2, 0.25) is 0 Å². The highest BCUT2D eigenvalue weighted by molar-refractivity contribution is 7.99. The van der Waals surface area contributed by atoms with Gasteiger partial charge >= 0.3 is 0 Å². The second kappa shape index (κ2) is 7.69. The number of anilines is 2. The Morgan fingerprint density at radius 1 is 1.30 bits per heavy atom. The Balaban J connectivity index is 2.12. The maximum Gasteiger partial charge on any atom is 0.145 e. The zero-order valence-corrected chi connectivity index (χ0v) is 13.2. The molecule has 20 heavy (non-hydrogen) atoms. The number of aryl methyl sites for hydroxylation is 1. The predicted molar refractivity (Wildman–Crippen MR) is 87.0 cm³/mol. The number of thioether (sulfide) groups is 1. The molecule has 1 heterocycles. The lowest BCUT2D eigenvalue weighted by atomic mass is 9.95. The van der Waals surface area contributed by atoms with E-state index in [4.69, 9.17) is 5.84 Å². The fourth-order valence-electron chi connectivity index (χ4n) is 2.71. The molecule has 1 saturated carbocycles. The molecule has 112 valence electrons. The lowest BCUT2D eigenvalue weighted by Crippen LogP contribution is -2.34. The van der Waals surface area contributed by atoms with Crippen molar-refractivity contribution in [2.75, 3.05) is 17.0 Å². The zero-order chi connectivity index (χ0) is 14.4. The van der Waals surface area contributed by atoms with Crippen LogP contribution < -0.4 is 16.6 Å². The van der Waals surface area contributed by atoms with Gasteiger partial charge in [-0.2, -0.15) is 11.8 Å². The first-order chi connectivity index (χ1) is 9.76. The summed E-state index contributed by atoms with van der Waals surface area (Å²) in [5.41, 5.74) is 2.63. The summed E-state index contributed by atoms with van der Waals surface area (Å²) in [6, 6.07) is 2.39. The summed E-state index contributed by atoms with van der Waals surface area (Å²) in [6.07, 6.45) is 9.23. The van der Waals surface area contributed by atoms with Gasteiger partial charge in [-0.15, -0.1) is 0 Å². The van der Waals surface area contributed by atoms with E-state index in [-0.39, 0.29) is 0 Å². The highest BCUT2D eigenvalue weighted by atomic mass is 32.2. The summed E-state index contributed by atoms with van der Waals surface area (Å²) in [6.45, 7) is 2.13. The SMILES string of the molecule is CCCc1nc(NN)cc(NC2CCCCC2SC)n1. The molecule has 0 radical (unpaired) electrons. The van der Waals surface area contributed by atoms with Crippen LogP contribution >= 0.6 is 11.8 Å². The van der Waals surface area contributed by atoms with Gasteiger partial charge in [-0.1, -0.05) is 19.8 Å². The van der Waals surface area contributed by atoms with Gasteiger partial charge in [0.05, 0.1) is 0 Å². The Kier molecular flexibility index (Phi) is 5.91. The van der Waals surface area contributed by atoms with Gasteiger partial charge in [-0.05, 0) is 25.5 Å². The largest absolute Gasteiger partial charge is 0.366 e. The molecular formula is C14H25N5S. The van der Waals surface area contributed by atoms with Crippen molar-refractivity contribution >= 4 is 23.4 Å². The van der Waals surface area contributed by atoms with Gasteiger partial charge in [0.1, 0.15) is 17.5 Å². The molecule has 0 aromatic carbocycles. The molecule has 0 saturated heterocycles. The van der Waals surface area contributed by atoms with E-state index >= 15 is 0 Å². The highest BCUT2D eigenvalue weighted by Gasteiger charge is 2.24. The molecule has 1 aliphatic carbocycles. The zero-order valence-electron chi connectivity index (χ0n) is 12.4. The summed E-state index contributed by atoms with van der Waals surface area (Å²) in [7, 11) is 0. The average molecular weight is 295 g/mol. The molecule has 0 spiro atoms. The normalized spacial score (nSPS) is 22.6. The van der Waals surface area contributed by atoms with Crippen molar-refractivity contribution in [2.24, 2.45) is 5.84 Å². The first-order valence-corrected chi connectivity index (χ1v) is 8.69. The van der Waals surface area contributed by atoms with E-state index in [0.717, 1.165) is 24.5 Å². The molecule has 5 nitrogen and oxygen atoms in total. The molecule has 0 bridgehead atoms. The molecule has 2 rings (SSSR count). The number of nitrogens with one attached hydrogen (secondary N) is 2. The van der Waals surface area contributed by atoms with E-state index in [1.165, 1.54) is 25.7 Å². The maximum absolute atomic E-state index is 5.50. The number of hydrogen-bond donors (Lipinski definition) is 3. The molecule has 1 aromatic heterocycles. The van der Waals surface area contributed by atoms with E-state index in [1.807, 2.05) is 17.8 Å². The van der Waals surface area contributed by atoms with Crippen molar-refractivity contribution < 1.29 is 0 Å². The molecule has 2 unspecified atom stereocenters. The fourth-order valence-corrected chi connectivity index (χ4v) is 3.65. The van der Waals surface area contributed by atoms with Gasteiger partial charge in [-0.25, -0.2) is 15.8 Å². The predicted octanol–water partition coefficient (Wildman–Crippen LogP) is 2.80. The smallest absolute Gasteiger partial charge is 0.145 e. The van der Waals surface area contributed by atoms with Crippen LogP contribution in [-0.4, -0.2) is 27.5 Å². The number of nitrogens with two attached hydrogens (primary N) is 1. The summed E-state index contributed by atoms with van der Waals surface area (Å²) >= 11 is 1.95. The molecule has 2 atom stereocenters. The molecule has 4 N–H and O–H groups in total. The Morgan fingerprint density at radius 2 is 2.05 bits per heavy atom. The van der Waals surface area contributed by atoms with Crippen LogP contribution in [-0.2, 0) is 6.42 Å². The van der Waals surface area contributed by atoms with Crippen molar-refractivity contribution in [1.82, 2.24) is 9.97 Å². The lowest BCUT2D eigenvalue weighted by molar-refractivity contribution is 0.474. The van der Waals surface area contributed by atoms with E-state index in [9.17, 15) is 0 Å². The van der Waals surface area contributed by atoms with Crippen LogP contribution in [0.4, 0.5) is 11.6 Å². The van der Waals surface area contributed by atoms with E-state index in [1.54, 1.807) is 0 Å². The minimum atomic E-state index is 0.494. The topological polar surface area (TPSA) is 75.9 Å². The monoisotopic (exact) mass is 295 g/mol. The van der Waals surface area contributed by atoms with Gasteiger partial charge in [0.2, 0.25) is 0 Å². The van der Waals surface area contributed by atoms with Crippen molar-refractivity contribution in [3.8, 4) is 0 Å². The number of rotatable bonds is 6. The Morgan fingerprint density at radius 3 is 2.75 bits per heavy atom. The maximum atomic E-state index is 5.50. The van der Waals surface area contributed by atoms with Crippen LogP contribution in [0, 0.1) is 0 Å². The van der Waals surface area contributed by atoms with Gasteiger partial charge in [0.15, 0.2) is 0 Å². The number of nitrogens with zero attached hydrogens (tertiary/aromatic N) is 2. The molecule has 1 aromatic rings. The molecule has 0 aliphatic heterocycles. The van der Waals surface area contributed by atoms with Gasteiger partial charge < -0.3 is 10.7 Å². The third kappa shape index (κ3) is 3.99. The number of nitrogen functional groups attached to an aromatic ring is 1. The van der Waals surface area contributed by atoms with Crippen molar-refractivity contribution in [3.05, 3.63) is 11.9 Å². The fraction of sp³-hybridized carbons (Fsp3) is 0.714.